The minimum Gasteiger partial charge on any atom is -0.366 e. The van der Waals surface area contributed by atoms with Crippen LogP contribution >= 0.6 is 0 Å². The van der Waals surface area contributed by atoms with E-state index in [0.717, 1.165) is 12.8 Å². The fourth-order valence-electron chi connectivity index (χ4n) is 1.53. The Labute approximate surface area is 67.5 Å². The summed E-state index contributed by atoms with van der Waals surface area (Å²) in [5.41, 5.74) is 6.30. The molecule has 1 amide bonds. The molecule has 0 bridgehead atoms. The van der Waals surface area contributed by atoms with Crippen LogP contribution in [0.4, 0.5) is 0 Å². The van der Waals surface area contributed by atoms with E-state index in [1.807, 2.05) is 0 Å². The molecule has 0 aromatic heterocycles. The van der Waals surface area contributed by atoms with Crippen LogP contribution in [0.1, 0.15) is 38.5 Å². The molecule has 0 atom stereocenters. The summed E-state index contributed by atoms with van der Waals surface area (Å²) in [5.74, 6) is -0.290. The number of hydrogen-bond donors (Lipinski definition) is 1. The molecule has 2 nitrogen and oxygen atoms in total. The van der Waals surface area contributed by atoms with E-state index < -0.39 is 0 Å². The van der Waals surface area contributed by atoms with Crippen LogP contribution in [-0.4, -0.2) is 5.91 Å². The number of nitrogens with two attached hydrogens (primary N) is 1. The summed E-state index contributed by atoms with van der Waals surface area (Å²) in [6.45, 7) is 0. The smallest absolute Gasteiger partial charge is 0.241 e. The van der Waals surface area contributed by atoms with Crippen molar-refractivity contribution in [2.75, 3.05) is 0 Å². The van der Waals surface area contributed by atoms with Crippen LogP contribution in [0.25, 0.3) is 0 Å². The van der Waals surface area contributed by atoms with E-state index in [-0.39, 0.29) is 5.91 Å². The van der Waals surface area contributed by atoms with Crippen LogP contribution in [0.15, 0.2) is 11.6 Å². The molecule has 0 radical (unpaired) electrons. The lowest BCUT2D eigenvalue weighted by atomic mass is 10.1. The van der Waals surface area contributed by atoms with Crippen LogP contribution in [-0.2, 0) is 4.79 Å². The number of carbonyl (C=O) groups excluding carboxylic acids is 1. The summed E-state index contributed by atoms with van der Waals surface area (Å²) >= 11 is 0. The molecular formula is C9H15NO. The maximum Gasteiger partial charge on any atom is 0.241 e. The first-order valence-electron chi connectivity index (χ1n) is 4.28. The van der Waals surface area contributed by atoms with Crippen molar-refractivity contribution in [1.82, 2.24) is 0 Å². The van der Waals surface area contributed by atoms with E-state index in [4.69, 9.17) is 5.73 Å². The molecule has 0 heterocycles. The predicted octanol–water partition coefficient (Wildman–Crippen LogP) is 1.75. The average Bonchev–Trinajstić information content (AvgIpc) is 2.14. The Morgan fingerprint density at radius 3 is 2.18 bits per heavy atom. The zero-order valence-corrected chi connectivity index (χ0v) is 6.81. The quantitative estimate of drug-likeness (QED) is 0.452. The van der Waals surface area contributed by atoms with Gasteiger partial charge in [0.25, 0.3) is 0 Å². The highest BCUT2D eigenvalue weighted by molar-refractivity contribution is 5.86. The van der Waals surface area contributed by atoms with E-state index in [9.17, 15) is 4.79 Å². The lowest BCUT2D eigenvalue weighted by Gasteiger charge is -1.98. The third-order valence-corrected chi connectivity index (χ3v) is 2.09. The topological polar surface area (TPSA) is 43.1 Å². The van der Waals surface area contributed by atoms with Crippen molar-refractivity contribution in [3.63, 3.8) is 0 Å². The number of rotatable bonds is 1. The van der Waals surface area contributed by atoms with E-state index in [0.29, 0.717) is 0 Å². The van der Waals surface area contributed by atoms with Crippen molar-refractivity contribution in [3.05, 3.63) is 11.6 Å². The van der Waals surface area contributed by atoms with Crippen molar-refractivity contribution in [2.24, 2.45) is 5.73 Å². The van der Waals surface area contributed by atoms with Gasteiger partial charge in [0.1, 0.15) is 0 Å². The van der Waals surface area contributed by atoms with Crippen molar-refractivity contribution in [3.8, 4) is 0 Å². The first kappa shape index (κ1) is 8.31. The van der Waals surface area contributed by atoms with Crippen LogP contribution in [0.2, 0.25) is 0 Å². The summed E-state index contributed by atoms with van der Waals surface area (Å²) in [4.78, 5) is 10.5. The Morgan fingerprint density at radius 2 is 1.73 bits per heavy atom. The number of carbonyl (C=O) groups is 1. The van der Waals surface area contributed by atoms with Gasteiger partial charge in [0, 0.05) is 6.08 Å². The maximum absolute atomic E-state index is 10.5. The first-order chi connectivity index (χ1) is 5.29. The summed E-state index contributed by atoms with van der Waals surface area (Å²) in [6, 6.07) is 0. The van der Waals surface area contributed by atoms with Crippen molar-refractivity contribution < 1.29 is 4.79 Å². The summed E-state index contributed by atoms with van der Waals surface area (Å²) in [6.07, 6.45) is 8.79. The Bertz CT molecular complexity index is 162. The highest BCUT2D eigenvalue weighted by Gasteiger charge is 2.04. The predicted molar refractivity (Wildman–Crippen MR) is 45.0 cm³/mol. The molecule has 1 fully saturated rings. The lowest BCUT2D eigenvalue weighted by molar-refractivity contribution is -0.113. The molecular weight excluding hydrogens is 138 g/mol. The molecule has 0 spiro atoms. The maximum atomic E-state index is 10.5. The van der Waals surface area contributed by atoms with Gasteiger partial charge in [0.15, 0.2) is 0 Å². The SMILES string of the molecule is NC(=O)C=C1CCCCCC1. The van der Waals surface area contributed by atoms with E-state index in [1.165, 1.54) is 31.3 Å². The average molecular weight is 153 g/mol. The van der Waals surface area contributed by atoms with Gasteiger partial charge in [-0.15, -0.1) is 0 Å². The number of hydrogen-bond acceptors (Lipinski definition) is 1. The zero-order valence-electron chi connectivity index (χ0n) is 6.81. The fourth-order valence-corrected chi connectivity index (χ4v) is 1.53. The molecule has 0 aromatic carbocycles. The standard InChI is InChI=1S/C9H15NO/c10-9(11)7-8-5-3-1-2-4-6-8/h7H,1-6H2,(H2,10,11). The lowest BCUT2D eigenvalue weighted by Crippen LogP contribution is -2.07. The second-order valence-corrected chi connectivity index (χ2v) is 3.12. The van der Waals surface area contributed by atoms with Crippen LogP contribution in [0.3, 0.4) is 0 Å². The van der Waals surface area contributed by atoms with Gasteiger partial charge < -0.3 is 5.73 Å². The molecule has 11 heavy (non-hydrogen) atoms. The van der Waals surface area contributed by atoms with Crippen LogP contribution in [0, 0.1) is 0 Å². The van der Waals surface area contributed by atoms with Crippen LogP contribution in [0.5, 0.6) is 0 Å². The van der Waals surface area contributed by atoms with Crippen molar-refractivity contribution in [2.45, 2.75) is 38.5 Å². The second kappa shape index (κ2) is 4.16. The van der Waals surface area contributed by atoms with E-state index in [1.54, 1.807) is 6.08 Å². The summed E-state index contributed by atoms with van der Waals surface area (Å²) in [7, 11) is 0. The Balaban J connectivity index is 2.48. The third kappa shape index (κ3) is 3.21. The fraction of sp³-hybridized carbons (Fsp3) is 0.667. The molecule has 1 aliphatic carbocycles. The van der Waals surface area contributed by atoms with Gasteiger partial charge in [-0.3, -0.25) is 4.79 Å². The van der Waals surface area contributed by atoms with E-state index >= 15 is 0 Å². The second-order valence-electron chi connectivity index (χ2n) is 3.12. The van der Waals surface area contributed by atoms with Gasteiger partial charge in [-0.25, -0.2) is 0 Å². The van der Waals surface area contributed by atoms with Gasteiger partial charge in [-0.05, 0) is 25.7 Å². The minimum atomic E-state index is -0.290. The van der Waals surface area contributed by atoms with E-state index in [2.05, 4.69) is 0 Å². The zero-order chi connectivity index (χ0) is 8.10. The largest absolute Gasteiger partial charge is 0.366 e. The number of amides is 1. The summed E-state index contributed by atoms with van der Waals surface area (Å²) < 4.78 is 0. The van der Waals surface area contributed by atoms with Crippen molar-refractivity contribution >= 4 is 5.91 Å². The van der Waals surface area contributed by atoms with Gasteiger partial charge in [-0.1, -0.05) is 18.4 Å². The normalized spacial score (nSPS) is 19.1. The van der Waals surface area contributed by atoms with Gasteiger partial charge in [0.2, 0.25) is 5.91 Å². The molecule has 1 rings (SSSR count). The summed E-state index contributed by atoms with van der Waals surface area (Å²) in [5, 5.41) is 0. The van der Waals surface area contributed by atoms with Crippen molar-refractivity contribution in [1.29, 1.82) is 0 Å². The Morgan fingerprint density at radius 1 is 1.18 bits per heavy atom. The molecule has 0 aliphatic heterocycles. The van der Waals surface area contributed by atoms with Gasteiger partial charge in [0.05, 0.1) is 0 Å². The monoisotopic (exact) mass is 153 g/mol. The molecule has 0 unspecified atom stereocenters. The van der Waals surface area contributed by atoms with Crippen LogP contribution < -0.4 is 5.73 Å². The Kier molecular flexibility index (Phi) is 3.14. The highest BCUT2D eigenvalue weighted by atomic mass is 16.1. The number of primary amides is 1. The molecule has 2 N–H and O–H groups in total. The van der Waals surface area contributed by atoms with Gasteiger partial charge >= 0.3 is 0 Å². The minimum absolute atomic E-state index is 0.290. The molecule has 62 valence electrons. The Hall–Kier alpha value is -0.790. The first-order valence-corrected chi connectivity index (χ1v) is 4.28. The molecule has 0 aromatic rings. The molecule has 0 saturated heterocycles. The molecule has 1 saturated carbocycles. The molecule has 1 aliphatic rings. The van der Waals surface area contributed by atoms with Gasteiger partial charge in [-0.2, -0.15) is 0 Å². The molecule has 2 heteroatoms. The highest BCUT2D eigenvalue weighted by Crippen LogP contribution is 2.21. The number of allylic oxidation sites excluding steroid dienone is 1. The third-order valence-electron chi connectivity index (χ3n) is 2.09.